The molecule has 0 saturated carbocycles. The van der Waals surface area contributed by atoms with Crippen molar-refractivity contribution in [1.82, 2.24) is 14.7 Å². The Morgan fingerprint density at radius 3 is 2.48 bits per heavy atom. The summed E-state index contributed by atoms with van der Waals surface area (Å²) in [5.74, 6) is -0.560. The van der Waals surface area contributed by atoms with Gasteiger partial charge in [0.2, 0.25) is 0 Å². The lowest BCUT2D eigenvalue weighted by Crippen LogP contribution is -2.28. The molecule has 0 unspecified atom stereocenters. The van der Waals surface area contributed by atoms with Crippen molar-refractivity contribution in [1.29, 1.82) is 0 Å². The summed E-state index contributed by atoms with van der Waals surface area (Å²) in [4.78, 5) is 40.5. The number of nitrogens with zero attached hydrogens (tertiary/aromatic N) is 2. The van der Waals surface area contributed by atoms with Gasteiger partial charge in [-0.3, -0.25) is 14.0 Å². The van der Waals surface area contributed by atoms with E-state index in [2.05, 4.69) is 27.5 Å². The molecule has 0 atom stereocenters. The van der Waals surface area contributed by atoms with Gasteiger partial charge in [0.1, 0.15) is 11.2 Å². The lowest BCUT2D eigenvalue weighted by molar-refractivity contribution is 0.102. The van der Waals surface area contributed by atoms with E-state index in [-0.39, 0.29) is 11.6 Å². The van der Waals surface area contributed by atoms with E-state index >= 15 is 0 Å². The molecule has 0 fully saturated rings. The van der Waals surface area contributed by atoms with E-state index in [0.717, 1.165) is 0 Å². The van der Waals surface area contributed by atoms with Crippen LogP contribution in [0.1, 0.15) is 10.4 Å². The Hall–Kier alpha value is -3.94. The van der Waals surface area contributed by atoms with Gasteiger partial charge < -0.3 is 16.0 Å². The van der Waals surface area contributed by atoms with Crippen molar-refractivity contribution in [2.24, 2.45) is 0 Å². The molecule has 3 amide bonds. The number of rotatable bonds is 5. The number of carbonyl (C=O) groups is 2. The van der Waals surface area contributed by atoms with Crippen molar-refractivity contribution in [3.63, 3.8) is 0 Å². The maximum atomic E-state index is 12.4. The molecule has 136 valence electrons. The van der Waals surface area contributed by atoms with Crippen LogP contribution in [0.25, 0.3) is 5.65 Å². The van der Waals surface area contributed by atoms with Crippen molar-refractivity contribution >= 4 is 29.0 Å². The number of anilines is 2. The zero-order chi connectivity index (χ0) is 19.2. The van der Waals surface area contributed by atoms with Gasteiger partial charge in [-0.05, 0) is 36.4 Å². The van der Waals surface area contributed by atoms with Crippen molar-refractivity contribution in [2.75, 3.05) is 17.2 Å². The third kappa shape index (κ3) is 4.18. The Balaban J connectivity index is 1.71. The molecule has 2 heterocycles. The van der Waals surface area contributed by atoms with E-state index in [1.807, 2.05) is 0 Å². The van der Waals surface area contributed by atoms with Gasteiger partial charge in [-0.1, -0.05) is 12.1 Å². The fourth-order valence-corrected chi connectivity index (χ4v) is 2.36. The van der Waals surface area contributed by atoms with Gasteiger partial charge in [-0.25, -0.2) is 9.78 Å². The molecule has 2 aromatic heterocycles. The van der Waals surface area contributed by atoms with Crippen molar-refractivity contribution in [2.45, 2.75) is 0 Å². The second-order valence-electron chi connectivity index (χ2n) is 5.56. The van der Waals surface area contributed by atoms with Gasteiger partial charge in [0.05, 0.1) is 0 Å². The summed E-state index contributed by atoms with van der Waals surface area (Å²) >= 11 is 0. The van der Waals surface area contributed by atoms with Crippen LogP contribution < -0.4 is 21.5 Å². The van der Waals surface area contributed by atoms with Gasteiger partial charge in [0.15, 0.2) is 0 Å². The quantitative estimate of drug-likeness (QED) is 0.605. The summed E-state index contributed by atoms with van der Waals surface area (Å²) in [6, 6.07) is 11.3. The number of urea groups is 1. The molecule has 1 aromatic carbocycles. The van der Waals surface area contributed by atoms with Crippen LogP contribution in [0.5, 0.6) is 0 Å². The van der Waals surface area contributed by atoms with Crippen LogP contribution in [0, 0.1) is 0 Å². The number of hydrogen-bond acceptors (Lipinski definition) is 4. The first kappa shape index (κ1) is 17.9. The predicted octanol–water partition coefficient (Wildman–Crippen LogP) is 2.25. The van der Waals surface area contributed by atoms with E-state index in [4.69, 9.17) is 0 Å². The first-order valence-electron chi connectivity index (χ1n) is 8.12. The van der Waals surface area contributed by atoms with Crippen LogP contribution in [0.3, 0.4) is 0 Å². The fourth-order valence-electron chi connectivity index (χ4n) is 2.36. The van der Waals surface area contributed by atoms with Gasteiger partial charge in [-0.15, -0.1) is 6.58 Å². The number of pyridine rings is 1. The maximum absolute atomic E-state index is 12.4. The van der Waals surface area contributed by atoms with Crippen molar-refractivity contribution in [3.8, 4) is 0 Å². The van der Waals surface area contributed by atoms with Crippen LogP contribution in [-0.4, -0.2) is 27.9 Å². The SMILES string of the molecule is C=CCNC(=O)Nc1ccc(NC(=O)c2cnc3ccccn3c2=O)cc1. The van der Waals surface area contributed by atoms with Crippen molar-refractivity contribution in [3.05, 3.63) is 83.4 Å². The molecule has 0 aliphatic carbocycles. The van der Waals surface area contributed by atoms with Gasteiger partial charge in [-0.2, -0.15) is 0 Å². The number of aromatic nitrogens is 2. The smallest absolute Gasteiger partial charge is 0.319 e. The number of amides is 3. The molecular formula is C19H17N5O3. The van der Waals surface area contributed by atoms with Crippen LogP contribution in [0.4, 0.5) is 16.2 Å². The molecule has 8 nitrogen and oxygen atoms in total. The van der Waals surface area contributed by atoms with Crippen molar-refractivity contribution < 1.29 is 9.59 Å². The minimum Gasteiger partial charge on any atom is -0.334 e. The van der Waals surface area contributed by atoms with Crippen LogP contribution in [-0.2, 0) is 0 Å². The number of nitrogens with one attached hydrogen (secondary N) is 3. The van der Waals surface area contributed by atoms with Crippen LogP contribution >= 0.6 is 0 Å². The predicted molar refractivity (Wildman–Crippen MR) is 103 cm³/mol. The molecule has 0 bridgehead atoms. The summed E-state index contributed by atoms with van der Waals surface area (Å²) < 4.78 is 1.31. The molecule has 0 spiro atoms. The van der Waals surface area contributed by atoms with Gasteiger partial charge in [0.25, 0.3) is 11.5 Å². The van der Waals surface area contributed by atoms with Gasteiger partial charge in [0, 0.05) is 30.3 Å². The standard InChI is InChI=1S/C19H17N5O3/c1-2-10-20-19(27)23-14-8-6-13(7-9-14)22-17(25)15-12-21-16-5-3-4-11-24(16)18(15)26/h2-9,11-12H,1,10H2,(H,22,25)(H2,20,23,27). The first-order chi connectivity index (χ1) is 13.1. The maximum Gasteiger partial charge on any atom is 0.319 e. The molecule has 0 aliphatic rings. The number of hydrogen-bond donors (Lipinski definition) is 3. The lowest BCUT2D eigenvalue weighted by Gasteiger charge is -2.08. The average Bonchev–Trinajstić information content (AvgIpc) is 2.68. The molecule has 0 aliphatic heterocycles. The summed E-state index contributed by atoms with van der Waals surface area (Å²) in [5, 5.41) is 7.88. The van der Waals surface area contributed by atoms with Crippen LogP contribution in [0.15, 0.2) is 72.3 Å². The highest BCUT2D eigenvalue weighted by Gasteiger charge is 2.13. The third-order valence-electron chi connectivity index (χ3n) is 3.67. The Kier molecular flexibility index (Phi) is 5.27. The molecule has 27 heavy (non-hydrogen) atoms. The largest absolute Gasteiger partial charge is 0.334 e. The van der Waals surface area contributed by atoms with E-state index < -0.39 is 11.5 Å². The van der Waals surface area contributed by atoms with E-state index in [1.54, 1.807) is 54.7 Å². The second-order valence-corrected chi connectivity index (χ2v) is 5.56. The molecule has 3 aromatic rings. The monoisotopic (exact) mass is 363 g/mol. The number of benzene rings is 1. The first-order valence-corrected chi connectivity index (χ1v) is 8.12. The number of fused-ring (bicyclic) bond motifs is 1. The Morgan fingerprint density at radius 1 is 1.07 bits per heavy atom. The third-order valence-corrected chi connectivity index (χ3v) is 3.67. The highest BCUT2D eigenvalue weighted by molar-refractivity contribution is 6.04. The zero-order valence-corrected chi connectivity index (χ0v) is 14.3. The molecule has 0 radical (unpaired) electrons. The summed E-state index contributed by atoms with van der Waals surface area (Å²) in [5.41, 5.74) is 0.987. The molecule has 8 heteroatoms. The van der Waals surface area contributed by atoms with E-state index in [0.29, 0.717) is 23.6 Å². The minimum atomic E-state index is -0.560. The van der Waals surface area contributed by atoms with E-state index in [1.165, 1.54) is 10.6 Å². The Labute approximate surface area is 154 Å². The Morgan fingerprint density at radius 2 is 1.78 bits per heavy atom. The summed E-state index contributed by atoms with van der Waals surface area (Å²) in [7, 11) is 0. The summed E-state index contributed by atoms with van der Waals surface area (Å²) in [6.07, 6.45) is 4.38. The molecule has 3 rings (SSSR count). The average molecular weight is 363 g/mol. The lowest BCUT2D eigenvalue weighted by atomic mass is 10.2. The van der Waals surface area contributed by atoms with Crippen LogP contribution in [0.2, 0.25) is 0 Å². The highest BCUT2D eigenvalue weighted by Crippen LogP contribution is 2.14. The normalized spacial score (nSPS) is 10.2. The molecular weight excluding hydrogens is 346 g/mol. The summed E-state index contributed by atoms with van der Waals surface area (Å²) in [6.45, 7) is 3.87. The minimum absolute atomic E-state index is 0.0651. The molecule has 3 N–H and O–H groups in total. The number of carbonyl (C=O) groups excluding carboxylic acids is 2. The Bertz CT molecular complexity index is 1060. The zero-order valence-electron chi connectivity index (χ0n) is 14.3. The topological polar surface area (TPSA) is 105 Å². The van der Waals surface area contributed by atoms with E-state index in [9.17, 15) is 14.4 Å². The fraction of sp³-hybridized carbons (Fsp3) is 0.0526. The highest BCUT2D eigenvalue weighted by atomic mass is 16.2. The molecule has 0 saturated heterocycles. The second kappa shape index (κ2) is 7.96. The van der Waals surface area contributed by atoms with Gasteiger partial charge >= 0.3 is 6.03 Å².